The Balaban J connectivity index is 2.13. The highest BCUT2D eigenvalue weighted by Crippen LogP contribution is 2.51. The number of rotatable bonds is 6. The number of alkyl halides is 3. The van der Waals surface area contributed by atoms with Gasteiger partial charge in [-0.15, -0.1) is 0 Å². The average molecular weight is 343 g/mol. The summed E-state index contributed by atoms with van der Waals surface area (Å²) in [6, 6.07) is 5.20. The first kappa shape index (κ1) is 18.3. The van der Waals surface area contributed by atoms with Crippen LogP contribution in [0.2, 0.25) is 0 Å². The topological polar surface area (TPSA) is 66.4 Å². The molecular formula is C17H20F3NO3. The highest BCUT2D eigenvalue weighted by atomic mass is 19.4. The van der Waals surface area contributed by atoms with Crippen LogP contribution >= 0.6 is 0 Å². The molecule has 0 aliphatic heterocycles. The fourth-order valence-electron chi connectivity index (χ4n) is 2.99. The molecular weight excluding hydrogens is 323 g/mol. The zero-order valence-electron chi connectivity index (χ0n) is 13.5. The number of amides is 1. The van der Waals surface area contributed by atoms with Gasteiger partial charge in [0.1, 0.15) is 5.54 Å². The molecule has 1 saturated carbocycles. The number of carbonyl (C=O) groups excluding carboxylic acids is 1. The van der Waals surface area contributed by atoms with E-state index in [1.54, 1.807) is 6.92 Å². The van der Waals surface area contributed by atoms with Crippen molar-refractivity contribution < 1.29 is 27.9 Å². The summed E-state index contributed by atoms with van der Waals surface area (Å²) in [7, 11) is 0. The van der Waals surface area contributed by atoms with Gasteiger partial charge in [-0.05, 0) is 37.3 Å². The third-order valence-electron chi connectivity index (χ3n) is 4.41. The van der Waals surface area contributed by atoms with Gasteiger partial charge in [0.25, 0.3) is 0 Å². The molecule has 3 unspecified atom stereocenters. The summed E-state index contributed by atoms with van der Waals surface area (Å²) < 4.78 is 39.2. The lowest BCUT2D eigenvalue weighted by molar-refractivity contribution is -0.147. The van der Waals surface area contributed by atoms with Crippen LogP contribution in [0.25, 0.3) is 0 Å². The predicted molar refractivity (Wildman–Crippen MR) is 81.4 cm³/mol. The van der Waals surface area contributed by atoms with Gasteiger partial charge in [-0.1, -0.05) is 31.5 Å². The normalized spacial score (nSPS) is 22.5. The van der Waals surface area contributed by atoms with Gasteiger partial charge < -0.3 is 10.4 Å². The number of nitrogens with one attached hydrogen (secondary N) is 1. The first-order valence-corrected chi connectivity index (χ1v) is 7.81. The van der Waals surface area contributed by atoms with Crippen molar-refractivity contribution in [3.05, 3.63) is 35.4 Å². The number of benzene rings is 1. The molecule has 0 spiro atoms. The van der Waals surface area contributed by atoms with E-state index >= 15 is 0 Å². The van der Waals surface area contributed by atoms with E-state index < -0.39 is 41.0 Å². The van der Waals surface area contributed by atoms with Crippen molar-refractivity contribution >= 4 is 11.9 Å². The molecule has 0 aromatic heterocycles. The number of hydrogen-bond donors (Lipinski definition) is 2. The molecule has 0 bridgehead atoms. The number of aliphatic carboxylic acids is 1. The molecule has 7 heteroatoms. The van der Waals surface area contributed by atoms with Crippen LogP contribution in [-0.4, -0.2) is 22.5 Å². The van der Waals surface area contributed by atoms with Crippen LogP contribution in [0.1, 0.15) is 50.2 Å². The van der Waals surface area contributed by atoms with Crippen molar-refractivity contribution in [2.75, 3.05) is 0 Å². The van der Waals surface area contributed by atoms with Crippen LogP contribution < -0.4 is 5.32 Å². The molecule has 2 rings (SSSR count). The van der Waals surface area contributed by atoms with E-state index in [0.29, 0.717) is 12.8 Å². The van der Waals surface area contributed by atoms with Crippen molar-refractivity contribution in [3.63, 3.8) is 0 Å². The van der Waals surface area contributed by atoms with Crippen molar-refractivity contribution in [1.82, 2.24) is 5.32 Å². The van der Waals surface area contributed by atoms with E-state index in [1.807, 2.05) is 0 Å². The molecule has 0 radical (unpaired) electrons. The average Bonchev–Trinajstić information content (AvgIpc) is 3.27. The number of carbonyl (C=O) groups is 2. The highest BCUT2D eigenvalue weighted by molar-refractivity contribution is 5.89. The lowest BCUT2D eigenvalue weighted by atomic mass is 9.95. The van der Waals surface area contributed by atoms with Crippen molar-refractivity contribution in [1.29, 1.82) is 0 Å². The standard InChI is InChI=1S/C17H20F3NO3/c1-3-8-16(2,15(23)24)21-14(22)12-9-11(12)10-6-4-5-7-13(10)17(18,19)20/h4-7,11-12H,3,8-9H2,1-2H3,(H,21,22)(H,23,24). The third-order valence-corrected chi connectivity index (χ3v) is 4.41. The van der Waals surface area contributed by atoms with Crippen LogP contribution in [0.5, 0.6) is 0 Å². The fourth-order valence-corrected chi connectivity index (χ4v) is 2.99. The molecule has 0 heterocycles. The predicted octanol–water partition coefficient (Wildman–Crippen LogP) is 3.57. The zero-order valence-corrected chi connectivity index (χ0v) is 13.5. The van der Waals surface area contributed by atoms with Crippen molar-refractivity contribution in [2.45, 2.75) is 50.7 Å². The Bertz CT molecular complexity index is 644. The van der Waals surface area contributed by atoms with E-state index in [1.165, 1.54) is 25.1 Å². The van der Waals surface area contributed by atoms with E-state index in [2.05, 4.69) is 5.32 Å². The first-order chi connectivity index (χ1) is 11.1. The maximum absolute atomic E-state index is 13.1. The molecule has 1 aromatic carbocycles. The van der Waals surface area contributed by atoms with Crippen molar-refractivity contribution in [3.8, 4) is 0 Å². The molecule has 1 amide bonds. The van der Waals surface area contributed by atoms with Crippen LogP contribution in [-0.2, 0) is 15.8 Å². The Morgan fingerprint density at radius 1 is 1.29 bits per heavy atom. The fraction of sp³-hybridized carbons (Fsp3) is 0.529. The Morgan fingerprint density at radius 3 is 2.46 bits per heavy atom. The van der Waals surface area contributed by atoms with Gasteiger partial charge in [-0.3, -0.25) is 4.79 Å². The van der Waals surface area contributed by atoms with Crippen LogP contribution in [0, 0.1) is 5.92 Å². The van der Waals surface area contributed by atoms with Crippen molar-refractivity contribution in [2.24, 2.45) is 5.92 Å². The number of halogens is 3. The van der Waals surface area contributed by atoms with E-state index in [0.717, 1.165) is 6.07 Å². The SMILES string of the molecule is CCCC(C)(NC(=O)C1CC1c1ccccc1C(F)(F)F)C(=O)O. The maximum atomic E-state index is 13.1. The van der Waals surface area contributed by atoms with Gasteiger partial charge in [0.05, 0.1) is 5.56 Å². The highest BCUT2D eigenvalue weighted by Gasteiger charge is 2.49. The molecule has 0 saturated heterocycles. The van der Waals surface area contributed by atoms with Crippen LogP contribution in [0.15, 0.2) is 24.3 Å². The second-order valence-electron chi connectivity index (χ2n) is 6.41. The van der Waals surface area contributed by atoms with Gasteiger partial charge in [0, 0.05) is 5.92 Å². The van der Waals surface area contributed by atoms with Crippen LogP contribution in [0.4, 0.5) is 13.2 Å². The lowest BCUT2D eigenvalue weighted by Gasteiger charge is -2.26. The molecule has 24 heavy (non-hydrogen) atoms. The monoisotopic (exact) mass is 343 g/mol. The number of carboxylic acid groups (broad SMARTS) is 1. The summed E-state index contributed by atoms with van der Waals surface area (Å²) in [6.45, 7) is 3.21. The summed E-state index contributed by atoms with van der Waals surface area (Å²) in [5, 5.41) is 11.8. The minimum atomic E-state index is -4.47. The third kappa shape index (κ3) is 3.71. The first-order valence-electron chi connectivity index (χ1n) is 7.81. The largest absolute Gasteiger partial charge is 0.480 e. The van der Waals surface area contributed by atoms with Gasteiger partial charge in [-0.25, -0.2) is 4.79 Å². The van der Waals surface area contributed by atoms with Gasteiger partial charge >= 0.3 is 12.1 Å². The van der Waals surface area contributed by atoms with Gasteiger partial charge in [0.2, 0.25) is 5.91 Å². The molecule has 2 N–H and O–H groups in total. The van der Waals surface area contributed by atoms with Gasteiger partial charge in [-0.2, -0.15) is 13.2 Å². The second kappa shape index (κ2) is 6.45. The van der Waals surface area contributed by atoms with Crippen LogP contribution in [0.3, 0.4) is 0 Å². The molecule has 3 atom stereocenters. The lowest BCUT2D eigenvalue weighted by Crippen LogP contribution is -2.52. The minimum absolute atomic E-state index is 0.0951. The summed E-state index contributed by atoms with van der Waals surface area (Å²) in [6.07, 6.45) is -3.36. The van der Waals surface area contributed by atoms with E-state index in [4.69, 9.17) is 0 Å². The summed E-state index contributed by atoms with van der Waals surface area (Å²) >= 11 is 0. The molecule has 1 aliphatic rings. The molecule has 1 aromatic rings. The Morgan fingerprint density at radius 2 is 1.92 bits per heavy atom. The minimum Gasteiger partial charge on any atom is -0.480 e. The molecule has 1 fully saturated rings. The summed E-state index contributed by atoms with van der Waals surface area (Å²) in [4.78, 5) is 23.7. The quantitative estimate of drug-likeness (QED) is 0.830. The maximum Gasteiger partial charge on any atom is 0.416 e. The smallest absolute Gasteiger partial charge is 0.416 e. The summed E-state index contributed by atoms with van der Waals surface area (Å²) in [5.74, 6) is -2.80. The number of hydrogen-bond acceptors (Lipinski definition) is 2. The summed E-state index contributed by atoms with van der Waals surface area (Å²) in [5.41, 5.74) is -2.04. The Kier molecular flexibility index (Phi) is 4.92. The van der Waals surface area contributed by atoms with E-state index in [9.17, 15) is 27.9 Å². The van der Waals surface area contributed by atoms with Gasteiger partial charge in [0.15, 0.2) is 0 Å². The number of carboxylic acids is 1. The molecule has 4 nitrogen and oxygen atoms in total. The second-order valence-corrected chi connectivity index (χ2v) is 6.41. The Hall–Kier alpha value is -2.05. The molecule has 1 aliphatic carbocycles. The van der Waals surface area contributed by atoms with E-state index in [-0.39, 0.29) is 12.0 Å². The Labute approximate surface area is 138 Å². The zero-order chi connectivity index (χ0) is 18.1. The molecule has 132 valence electrons.